The molecule has 0 spiro atoms. The summed E-state index contributed by atoms with van der Waals surface area (Å²) < 4.78 is 1.85. The van der Waals surface area contributed by atoms with Crippen LogP contribution in [0, 0.1) is 13.8 Å². The van der Waals surface area contributed by atoms with Crippen molar-refractivity contribution in [2.75, 3.05) is 26.2 Å². The summed E-state index contributed by atoms with van der Waals surface area (Å²) in [7, 11) is 0. The first-order valence-electron chi connectivity index (χ1n) is 15.4. The fraction of sp³-hybridized carbons (Fsp3) is 0.324. The van der Waals surface area contributed by atoms with Gasteiger partial charge in [-0.2, -0.15) is 0 Å². The Morgan fingerprint density at radius 2 is 1.51 bits per heavy atom. The molecule has 1 heterocycles. The van der Waals surface area contributed by atoms with E-state index in [9.17, 15) is 4.79 Å². The van der Waals surface area contributed by atoms with Crippen LogP contribution < -0.4 is 17.0 Å². The minimum atomic E-state index is -0.0708. The number of thiophene rings is 1. The van der Waals surface area contributed by atoms with E-state index < -0.39 is 0 Å². The molecule has 0 aliphatic heterocycles. The van der Waals surface area contributed by atoms with E-state index in [-0.39, 0.29) is 22.9 Å². The Hall–Kier alpha value is -2.12. The van der Waals surface area contributed by atoms with Crippen LogP contribution in [0.2, 0.25) is 15.1 Å². The second-order valence-corrected chi connectivity index (χ2v) is 14.2. The van der Waals surface area contributed by atoms with Crippen LogP contribution in [0.25, 0.3) is 20.9 Å². The summed E-state index contributed by atoms with van der Waals surface area (Å²) in [6.07, 6.45) is 1.93. The topological polar surface area (TPSA) is 20.3 Å². The normalized spacial score (nSPS) is 11.6. The van der Waals surface area contributed by atoms with Gasteiger partial charge in [-0.1, -0.05) is 101 Å². The monoisotopic (exact) mass is 744 g/mol. The number of rotatable bonds is 12. The molecular formula is C37H40BrCl3N2OS. The lowest BCUT2D eigenvalue weighted by Crippen LogP contribution is -3.00. The van der Waals surface area contributed by atoms with E-state index in [1.54, 1.807) is 6.07 Å². The van der Waals surface area contributed by atoms with Crippen molar-refractivity contribution in [3.05, 3.63) is 115 Å². The van der Waals surface area contributed by atoms with Crippen molar-refractivity contribution >= 4 is 72.9 Å². The number of fused-ring (bicyclic) bond motifs is 2. The number of benzene rings is 4. The van der Waals surface area contributed by atoms with Crippen molar-refractivity contribution in [2.24, 2.45) is 0 Å². The lowest BCUT2D eigenvalue weighted by Gasteiger charge is -2.37. The summed E-state index contributed by atoms with van der Waals surface area (Å²) in [6.45, 7) is 14.3. The van der Waals surface area contributed by atoms with Gasteiger partial charge in [-0.25, -0.2) is 0 Å². The Labute approximate surface area is 297 Å². The number of unbranched alkanes of at least 4 members (excludes halogenated alkanes) is 1. The van der Waals surface area contributed by atoms with Gasteiger partial charge in [0.2, 0.25) is 0 Å². The van der Waals surface area contributed by atoms with Crippen molar-refractivity contribution in [3.8, 4) is 0 Å². The molecule has 0 N–H and O–H groups in total. The quantitative estimate of drug-likeness (QED) is 0.0934. The summed E-state index contributed by atoms with van der Waals surface area (Å²) in [5.74, 6) is -0.0708. The molecule has 8 heteroatoms. The van der Waals surface area contributed by atoms with Gasteiger partial charge in [-0.15, -0.1) is 11.3 Å². The Balaban J connectivity index is 0.00000461. The lowest BCUT2D eigenvalue weighted by atomic mass is 10.1. The van der Waals surface area contributed by atoms with Gasteiger partial charge >= 0.3 is 0 Å². The van der Waals surface area contributed by atoms with Crippen LogP contribution >= 0.6 is 46.1 Å². The Kier molecular flexibility index (Phi) is 12.4. The molecule has 3 nitrogen and oxygen atoms in total. The van der Waals surface area contributed by atoms with Gasteiger partial charge in [0.15, 0.2) is 0 Å². The highest BCUT2D eigenvalue weighted by Gasteiger charge is 2.26. The largest absolute Gasteiger partial charge is 1.00 e. The molecular weight excluding hydrogens is 707 g/mol. The number of hydrogen-bond acceptors (Lipinski definition) is 2. The summed E-state index contributed by atoms with van der Waals surface area (Å²) in [6, 6.07) is 25.1. The fourth-order valence-corrected chi connectivity index (χ4v) is 8.68. The number of carbonyl (C=O) groups excluding carboxylic acids is 1. The molecule has 1 amide bonds. The maximum absolute atomic E-state index is 14.2. The molecule has 0 saturated heterocycles. The van der Waals surface area contributed by atoms with Crippen molar-refractivity contribution in [1.82, 2.24) is 4.90 Å². The number of halogens is 4. The van der Waals surface area contributed by atoms with E-state index in [1.807, 2.05) is 23.1 Å². The third-order valence-corrected chi connectivity index (χ3v) is 10.9. The van der Waals surface area contributed by atoms with Crippen molar-refractivity contribution in [3.63, 3.8) is 0 Å². The zero-order chi connectivity index (χ0) is 31.4. The van der Waals surface area contributed by atoms with Crippen molar-refractivity contribution in [2.45, 2.75) is 53.6 Å². The van der Waals surface area contributed by atoms with Crippen molar-refractivity contribution in [1.29, 1.82) is 0 Å². The van der Waals surface area contributed by atoms with Gasteiger partial charge in [0.1, 0.15) is 11.4 Å². The van der Waals surface area contributed by atoms with Gasteiger partial charge in [0.05, 0.1) is 29.7 Å². The first kappa shape index (κ1) is 35.7. The molecule has 0 atom stereocenters. The Morgan fingerprint density at radius 1 is 0.822 bits per heavy atom. The van der Waals surface area contributed by atoms with E-state index in [1.165, 1.54) is 33.4 Å². The highest BCUT2D eigenvalue weighted by molar-refractivity contribution is 7.21. The molecule has 0 radical (unpaired) electrons. The molecule has 0 saturated carbocycles. The maximum atomic E-state index is 14.2. The molecule has 5 aromatic rings. The smallest absolute Gasteiger partial charge is 0.265 e. The van der Waals surface area contributed by atoms with Crippen LogP contribution in [0.3, 0.4) is 0 Å². The predicted molar refractivity (Wildman–Crippen MR) is 191 cm³/mol. The molecule has 1 aromatic heterocycles. The molecule has 0 unspecified atom stereocenters. The van der Waals surface area contributed by atoms with Gasteiger partial charge < -0.3 is 26.4 Å². The minimum absolute atomic E-state index is 0. The van der Waals surface area contributed by atoms with Crippen LogP contribution in [0.15, 0.2) is 72.8 Å². The molecule has 5 rings (SSSR count). The van der Waals surface area contributed by atoms with Crippen molar-refractivity contribution < 1.29 is 26.3 Å². The number of quaternary nitrogens is 1. The number of nitrogens with zero attached hydrogens (tertiary/aromatic N) is 2. The van der Waals surface area contributed by atoms with Crippen LogP contribution in [-0.4, -0.2) is 41.5 Å². The SMILES string of the molecule is CC[N+](CC)(CCCCN(Cc1ccc2ccccc2c1)C(=O)c1sc2cc(Cl)cc(Cl)c2c1Cl)Cc1cc(C)cc(C)c1.[Br-]. The molecule has 0 fully saturated rings. The summed E-state index contributed by atoms with van der Waals surface area (Å²) in [5.41, 5.74) is 5.13. The van der Waals surface area contributed by atoms with Crippen LogP contribution in [0.4, 0.5) is 0 Å². The van der Waals surface area contributed by atoms with E-state index in [0.29, 0.717) is 38.4 Å². The second kappa shape index (κ2) is 15.6. The summed E-state index contributed by atoms with van der Waals surface area (Å²) in [4.78, 5) is 16.6. The third kappa shape index (κ3) is 8.43. The molecule has 0 bridgehead atoms. The van der Waals surface area contributed by atoms with Gasteiger partial charge in [0.25, 0.3) is 5.91 Å². The molecule has 238 valence electrons. The molecule has 0 aliphatic carbocycles. The van der Waals surface area contributed by atoms with E-state index >= 15 is 0 Å². The molecule has 45 heavy (non-hydrogen) atoms. The predicted octanol–water partition coefficient (Wildman–Crippen LogP) is 8.11. The Morgan fingerprint density at radius 3 is 2.20 bits per heavy atom. The number of aryl methyl sites for hydroxylation is 2. The number of carbonyl (C=O) groups is 1. The average molecular weight is 747 g/mol. The van der Waals surface area contributed by atoms with Gasteiger partial charge in [0, 0.05) is 33.8 Å². The average Bonchev–Trinajstić information content (AvgIpc) is 3.33. The molecule has 4 aromatic carbocycles. The fourth-order valence-electron chi connectivity index (χ4n) is 6.34. The van der Waals surface area contributed by atoms with Crippen LogP contribution in [0.1, 0.15) is 58.6 Å². The van der Waals surface area contributed by atoms with E-state index in [4.69, 9.17) is 34.8 Å². The minimum Gasteiger partial charge on any atom is -1.00 e. The lowest BCUT2D eigenvalue weighted by molar-refractivity contribution is -0.938. The van der Waals surface area contributed by atoms with Gasteiger partial charge in [-0.05, 0) is 75.1 Å². The van der Waals surface area contributed by atoms with Crippen LogP contribution in [-0.2, 0) is 13.1 Å². The second-order valence-electron chi connectivity index (χ2n) is 12.0. The Bertz CT molecular complexity index is 1780. The summed E-state index contributed by atoms with van der Waals surface area (Å²) >= 11 is 21.0. The highest BCUT2D eigenvalue weighted by Crippen LogP contribution is 2.42. The first-order chi connectivity index (χ1) is 21.1. The third-order valence-electron chi connectivity index (χ3n) is 8.77. The summed E-state index contributed by atoms with van der Waals surface area (Å²) in [5, 5.41) is 4.44. The number of hydrogen-bond donors (Lipinski definition) is 0. The van der Waals surface area contributed by atoms with Gasteiger partial charge in [-0.3, -0.25) is 4.79 Å². The standard InChI is InChI=1S/C37H40Cl3N2OS.BrH/c1-5-42(6-2,24-28-18-25(3)17-26(4)19-28)16-10-9-15-41(23-27-13-14-29-11-7-8-12-30(29)20-27)37(43)36-35(40)34-32(39)21-31(38)22-33(34)44-36;/h7-8,11-14,17-22H,5-6,9-10,15-16,23-24H2,1-4H3;1H/q+1;/p-1. The van der Waals surface area contributed by atoms with E-state index in [2.05, 4.69) is 76.2 Å². The van der Waals surface area contributed by atoms with Crippen LogP contribution in [0.5, 0.6) is 0 Å². The zero-order valence-electron chi connectivity index (χ0n) is 26.3. The van der Waals surface area contributed by atoms with E-state index in [0.717, 1.165) is 59.2 Å². The highest BCUT2D eigenvalue weighted by atomic mass is 79.9. The first-order valence-corrected chi connectivity index (χ1v) is 17.3. The molecule has 0 aliphatic rings. The zero-order valence-corrected chi connectivity index (χ0v) is 31.0. The number of amides is 1. The maximum Gasteiger partial charge on any atom is 0.265 e.